The lowest BCUT2D eigenvalue weighted by Gasteiger charge is -2.20. The number of halogens is 3. The van der Waals surface area contributed by atoms with E-state index < -0.39 is 11.7 Å². The maximum absolute atomic E-state index is 12.8. The van der Waals surface area contributed by atoms with Crippen LogP contribution in [0.25, 0.3) is 0 Å². The summed E-state index contributed by atoms with van der Waals surface area (Å²) in [6.45, 7) is 6.63. The van der Waals surface area contributed by atoms with Crippen LogP contribution < -0.4 is 11.1 Å². The molecule has 0 unspecified atom stereocenters. The number of benzene rings is 1. The normalized spacial score (nSPS) is 12.6. The molecular weight excluding hydrogens is 241 g/mol. The summed E-state index contributed by atoms with van der Waals surface area (Å²) in [6.07, 6.45) is -3.60. The Morgan fingerprint density at radius 3 is 2.28 bits per heavy atom. The fourth-order valence-corrected chi connectivity index (χ4v) is 1.52. The largest absolute Gasteiger partial charge is 0.418 e. The minimum absolute atomic E-state index is 0.0825. The zero-order chi connectivity index (χ0) is 14.0. The highest BCUT2D eigenvalue weighted by atomic mass is 19.4. The van der Waals surface area contributed by atoms with Crippen LogP contribution in [0.4, 0.5) is 24.5 Å². The van der Waals surface area contributed by atoms with Gasteiger partial charge in [-0.3, -0.25) is 0 Å². The molecule has 3 N–H and O–H groups in total. The van der Waals surface area contributed by atoms with Gasteiger partial charge in [0.25, 0.3) is 0 Å². The van der Waals surface area contributed by atoms with E-state index in [1.807, 2.05) is 20.8 Å². The highest BCUT2D eigenvalue weighted by Gasteiger charge is 2.33. The molecule has 1 rings (SSSR count). The molecule has 0 saturated heterocycles. The van der Waals surface area contributed by atoms with Crippen molar-refractivity contribution in [3.63, 3.8) is 0 Å². The molecule has 0 amide bonds. The lowest BCUT2D eigenvalue weighted by Crippen LogP contribution is -2.16. The van der Waals surface area contributed by atoms with Crippen molar-refractivity contribution in [2.24, 2.45) is 5.41 Å². The zero-order valence-electron chi connectivity index (χ0n) is 10.9. The second-order valence-corrected chi connectivity index (χ2v) is 5.54. The van der Waals surface area contributed by atoms with Gasteiger partial charge >= 0.3 is 6.18 Å². The second-order valence-electron chi connectivity index (χ2n) is 5.54. The summed E-state index contributed by atoms with van der Waals surface area (Å²) in [5.74, 6) is 0. The Balaban J connectivity index is 2.83. The van der Waals surface area contributed by atoms with Gasteiger partial charge < -0.3 is 11.1 Å². The predicted molar refractivity (Wildman–Crippen MR) is 68.4 cm³/mol. The van der Waals surface area contributed by atoms with E-state index >= 15 is 0 Å². The van der Waals surface area contributed by atoms with Crippen LogP contribution in [0.2, 0.25) is 0 Å². The quantitative estimate of drug-likeness (QED) is 0.802. The van der Waals surface area contributed by atoms with E-state index in [1.54, 1.807) is 0 Å². The molecule has 0 spiro atoms. The average Bonchev–Trinajstić information content (AvgIpc) is 2.17. The predicted octanol–water partition coefficient (Wildman–Crippen LogP) is 4.14. The van der Waals surface area contributed by atoms with Gasteiger partial charge in [0, 0.05) is 17.9 Å². The third-order valence-electron chi connectivity index (χ3n) is 2.54. The number of anilines is 2. The maximum atomic E-state index is 12.8. The molecule has 0 fully saturated rings. The van der Waals surface area contributed by atoms with Gasteiger partial charge in [-0.25, -0.2) is 0 Å². The smallest absolute Gasteiger partial charge is 0.399 e. The molecular formula is C13H19F3N2. The summed E-state index contributed by atoms with van der Waals surface area (Å²) >= 11 is 0. The molecule has 0 saturated carbocycles. The molecule has 0 heterocycles. The Bertz CT molecular complexity index is 406. The first-order chi connectivity index (χ1) is 8.09. The van der Waals surface area contributed by atoms with Crippen LogP contribution in [0, 0.1) is 5.41 Å². The van der Waals surface area contributed by atoms with Crippen LogP contribution in [0.15, 0.2) is 18.2 Å². The maximum Gasteiger partial charge on any atom is 0.418 e. The molecule has 0 bridgehead atoms. The first-order valence-corrected chi connectivity index (χ1v) is 5.80. The van der Waals surface area contributed by atoms with Gasteiger partial charge in [-0.2, -0.15) is 13.2 Å². The Morgan fingerprint density at radius 1 is 1.17 bits per heavy atom. The number of rotatable bonds is 3. The second kappa shape index (κ2) is 5.08. The molecule has 5 heteroatoms. The van der Waals surface area contributed by atoms with E-state index in [9.17, 15) is 13.2 Å². The highest BCUT2D eigenvalue weighted by Crippen LogP contribution is 2.36. The molecule has 1 aromatic rings. The van der Waals surface area contributed by atoms with Crippen LogP contribution in [-0.2, 0) is 6.18 Å². The van der Waals surface area contributed by atoms with Crippen LogP contribution >= 0.6 is 0 Å². The van der Waals surface area contributed by atoms with E-state index in [0.717, 1.165) is 12.5 Å². The lowest BCUT2D eigenvalue weighted by molar-refractivity contribution is -0.136. The van der Waals surface area contributed by atoms with Gasteiger partial charge in [-0.05, 0) is 30.0 Å². The monoisotopic (exact) mass is 260 g/mol. The van der Waals surface area contributed by atoms with E-state index in [2.05, 4.69) is 5.32 Å². The first kappa shape index (κ1) is 14.7. The summed E-state index contributed by atoms with van der Waals surface area (Å²) in [5, 5.41) is 2.83. The molecule has 1 aromatic carbocycles. The Kier molecular flexibility index (Phi) is 4.14. The number of nitrogen functional groups attached to an aromatic ring is 1. The third-order valence-corrected chi connectivity index (χ3v) is 2.54. The van der Waals surface area contributed by atoms with Crippen LogP contribution in [0.1, 0.15) is 32.8 Å². The van der Waals surface area contributed by atoms with Crippen molar-refractivity contribution in [3.05, 3.63) is 23.8 Å². The minimum Gasteiger partial charge on any atom is -0.399 e. The molecule has 0 radical (unpaired) electrons. The summed E-state index contributed by atoms with van der Waals surface area (Å²) in [7, 11) is 0. The molecule has 102 valence electrons. The van der Waals surface area contributed by atoms with Crippen molar-refractivity contribution >= 4 is 11.4 Å². The lowest BCUT2D eigenvalue weighted by atomic mass is 9.92. The van der Waals surface area contributed by atoms with Crippen LogP contribution in [0.5, 0.6) is 0 Å². The van der Waals surface area contributed by atoms with Gasteiger partial charge in [0.05, 0.1) is 5.56 Å². The van der Waals surface area contributed by atoms with Crippen molar-refractivity contribution < 1.29 is 13.2 Å². The Labute approximate surface area is 105 Å². The van der Waals surface area contributed by atoms with Crippen molar-refractivity contribution in [3.8, 4) is 0 Å². The summed E-state index contributed by atoms with van der Waals surface area (Å²) in [6, 6.07) is 3.80. The SMILES string of the molecule is CC(C)(C)CCNc1ccc(N)cc1C(F)(F)F. The minimum atomic E-state index is -4.39. The van der Waals surface area contributed by atoms with Crippen LogP contribution in [-0.4, -0.2) is 6.54 Å². The number of nitrogens with two attached hydrogens (primary N) is 1. The van der Waals surface area contributed by atoms with Gasteiger partial charge in [-0.15, -0.1) is 0 Å². The topological polar surface area (TPSA) is 38.0 Å². The molecule has 0 aliphatic heterocycles. The Hall–Kier alpha value is -1.39. The molecule has 18 heavy (non-hydrogen) atoms. The van der Waals surface area contributed by atoms with Gasteiger partial charge in [-0.1, -0.05) is 20.8 Å². The fourth-order valence-electron chi connectivity index (χ4n) is 1.52. The third kappa shape index (κ3) is 4.47. The first-order valence-electron chi connectivity index (χ1n) is 5.80. The van der Waals surface area contributed by atoms with E-state index in [4.69, 9.17) is 5.73 Å². The van der Waals surface area contributed by atoms with E-state index in [-0.39, 0.29) is 16.8 Å². The molecule has 0 aliphatic rings. The van der Waals surface area contributed by atoms with Gasteiger partial charge in [0.1, 0.15) is 0 Å². The number of alkyl halides is 3. The standard InChI is InChI=1S/C13H19F3N2/c1-12(2,3)6-7-18-11-5-4-9(17)8-10(11)13(14,15)16/h4-5,8,18H,6-7,17H2,1-3H3. The van der Waals surface area contributed by atoms with Gasteiger partial charge in [0.15, 0.2) is 0 Å². The summed E-state index contributed by atoms with van der Waals surface area (Å²) in [5.41, 5.74) is 4.96. The van der Waals surface area contributed by atoms with Gasteiger partial charge in [0.2, 0.25) is 0 Å². The summed E-state index contributed by atoms with van der Waals surface area (Å²) < 4.78 is 38.4. The van der Waals surface area contributed by atoms with Crippen molar-refractivity contribution in [1.29, 1.82) is 0 Å². The van der Waals surface area contributed by atoms with E-state index in [0.29, 0.717) is 6.54 Å². The summed E-state index contributed by atoms with van der Waals surface area (Å²) in [4.78, 5) is 0. The van der Waals surface area contributed by atoms with Crippen LogP contribution in [0.3, 0.4) is 0 Å². The Morgan fingerprint density at radius 2 is 1.78 bits per heavy atom. The van der Waals surface area contributed by atoms with Crippen molar-refractivity contribution in [2.75, 3.05) is 17.6 Å². The molecule has 0 aromatic heterocycles. The highest BCUT2D eigenvalue weighted by molar-refractivity contribution is 5.59. The zero-order valence-corrected chi connectivity index (χ0v) is 10.9. The molecule has 0 aliphatic carbocycles. The van der Waals surface area contributed by atoms with Crippen molar-refractivity contribution in [2.45, 2.75) is 33.4 Å². The average molecular weight is 260 g/mol. The molecule has 0 atom stereocenters. The fraction of sp³-hybridized carbons (Fsp3) is 0.538. The van der Waals surface area contributed by atoms with Crippen molar-refractivity contribution in [1.82, 2.24) is 0 Å². The molecule has 2 nitrogen and oxygen atoms in total. The number of hydrogen-bond donors (Lipinski definition) is 2. The van der Waals surface area contributed by atoms with E-state index in [1.165, 1.54) is 12.1 Å². The number of nitrogens with one attached hydrogen (secondary N) is 1. The number of hydrogen-bond acceptors (Lipinski definition) is 2.